The van der Waals surface area contributed by atoms with Gasteiger partial charge in [-0.15, -0.1) is 0 Å². The zero-order valence-electron chi connectivity index (χ0n) is 13.7. The maximum atomic E-state index is 10.8. The summed E-state index contributed by atoms with van der Waals surface area (Å²) in [6.07, 6.45) is 3.36. The highest BCUT2D eigenvalue weighted by molar-refractivity contribution is 7.74. The molecule has 24 heavy (non-hydrogen) atoms. The van der Waals surface area contributed by atoms with Crippen molar-refractivity contribution in [2.45, 2.75) is 57.2 Å². The third kappa shape index (κ3) is 2.43. The van der Waals surface area contributed by atoms with Gasteiger partial charge in [-0.3, -0.25) is 4.55 Å². The second kappa shape index (κ2) is 5.80. The molecule has 3 aliphatic rings. The van der Waals surface area contributed by atoms with Gasteiger partial charge in [0.05, 0.1) is 12.2 Å². The van der Waals surface area contributed by atoms with Crippen molar-refractivity contribution in [3.63, 3.8) is 0 Å². The lowest BCUT2D eigenvalue weighted by atomic mass is 9.55. The van der Waals surface area contributed by atoms with Crippen LogP contribution in [0.2, 0.25) is 0 Å². The van der Waals surface area contributed by atoms with E-state index in [1.165, 1.54) is 11.1 Å². The summed E-state index contributed by atoms with van der Waals surface area (Å²) in [7, 11) is 0. The third-order valence-electron chi connectivity index (χ3n) is 6.84. The highest BCUT2D eigenvalue weighted by Gasteiger charge is 2.57. The molecule has 3 aliphatic carbocycles. The van der Waals surface area contributed by atoms with Gasteiger partial charge in [0.2, 0.25) is 0 Å². The van der Waals surface area contributed by atoms with E-state index in [0.717, 1.165) is 25.7 Å². The Hall–Kier alpha value is -0.950. The maximum Gasteiger partial charge on any atom is 0.357 e. The molecule has 2 saturated carbocycles. The molecule has 2 fully saturated rings. The normalized spacial score (nSPS) is 41.9. The van der Waals surface area contributed by atoms with Gasteiger partial charge >= 0.3 is 11.4 Å². The molecular weight excluding hydrogens is 328 g/mol. The first-order chi connectivity index (χ1) is 11.4. The number of hydrogen-bond donors (Lipinski definition) is 3. The number of rotatable bonds is 2. The van der Waals surface area contributed by atoms with Gasteiger partial charge in [0.15, 0.2) is 0 Å². The third-order valence-corrected chi connectivity index (χ3v) is 7.17. The van der Waals surface area contributed by atoms with Crippen LogP contribution >= 0.6 is 0 Å². The molecule has 5 nitrogen and oxygen atoms in total. The lowest BCUT2D eigenvalue weighted by Crippen LogP contribution is -2.44. The SMILES string of the molecule is C[C@]12CC[C@@H]3c4ccc(OS(=O)O)cc4CC[C@H]3[C@@H]1C[C@@H](O)[C@@H]2O. The lowest BCUT2D eigenvalue weighted by molar-refractivity contribution is -0.0505. The van der Waals surface area contributed by atoms with Crippen molar-refractivity contribution in [2.24, 2.45) is 17.3 Å². The van der Waals surface area contributed by atoms with Crippen LogP contribution in [0.3, 0.4) is 0 Å². The monoisotopic (exact) mass is 352 g/mol. The zero-order chi connectivity index (χ0) is 17.1. The first-order valence-electron chi connectivity index (χ1n) is 8.68. The summed E-state index contributed by atoms with van der Waals surface area (Å²) in [6.45, 7) is 2.14. The summed E-state index contributed by atoms with van der Waals surface area (Å²) in [6, 6.07) is 5.67. The molecule has 0 amide bonds. The smallest absolute Gasteiger partial charge is 0.357 e. The Balaban J connectivity index is 1.64. The largest absolute Gasteiger partial charge is 0.390 e. The average molecular weight is 352 g/mol. The van der Waals surface area contributed by atoms with Crippen LogP contribution < -0.4 is 4.18 Å². The van der Waals surface area contributed by atoms with Crippen molar-refractivity contribution in [1.82, 2.24) is 0 Å². The van der Waals surface area contributed by atoms with E-state index in [1.807, 2.05) is 12.1 Å². The minimum absolute atomic E-state index is 0.172. The first kappa shape index (κ1) is 16.5. The molecule has 0 saturated heterocycles. The molecule has 7 atom stereocenters. The van der Waals surface area contributed by atoms with E-state index in [0.29, 0.717) is 29.9 Å². The summed E-state index contributed by atoms with van der Waals surface area (Å²) >= 11 is -2.30. The molecule has 3 N–H and O–H groups in total. The van der Waals surface area contributed by atoms with Crippen molar-refractivity contribution in [3.05, 3.63) is 29.3 Å². The summed E-state index contributed by atoms with van der Waals surface area (Å²) in [4.78, 5) is 0. The predicted octanol–water partition coefficient (Wildman–Crippen LogP) is 2.39. The minimum atomic E-state index is -2.30. The standard InChI is InChI=1S/C18H24O5S/c1-18-7-6-13-12-5-3-11(23-24(21)22)8-10(12)2-4-14(13)15(18)9-16(19)17(18)20/h3,5,8,13-17,19-20H,2,4,6-7,9H2,1H3,(H,21,22)/t13-,14-,15+,16-,17+,18+/m1/s1. The summed E-state index contributed by atoms with van der Waals surface area (Å²) in [5.41, 5.74) is 2.33. The molecule has 0 bridgehead atoms. The van der Waals surface area contributed by atoms with Crippen molar-refractivity contribution in [3.8, 4) is 5.75 Å². The molecular formula is C18H24O5S. The van der Waals surface area contributed by atoms with E-state index < -0.39 is 23.6 Å². The second-order valence-corrected chi connectivity index (χ2v) is 8.47. The van der Waals surface area contributed by atoms with Gasteiger partial charge in [-0.1, -0.05) is 13.0 Å². The Morgan fingerprint density at radius 3 is 2.83 bits per heavy atom. The van der Waals surface area contributed by atoms with Crippen molar-refractivity contribution in [2.75, 3.05) is 0 Å². The number of aliphatic hydroxyl groups excluding tert-OH is 2. The first-order valence-corrected chi connectivity index (χ1v) is 9.71. The van der Waals surface area contributed by atoms with Crippen LogP contribution in [0.15, 0.2) is 18.2 Å². The molecule has 4 rings (SSSR count). The van der Waals surface area contributed by atoms with Crippen LogP contribution in [-0.4, -0.2) is 31.2 Å². The van der Waals surface area contributed by atoms with Crippen molar-refractivity contribution >= 4 is 11.4 Å². The Bertz CT molecular complexity index is 677. The minimum Gasteiger partial charge on any atom is -0.390 e. The van der Waals surface area contributed by atoms with Gasteiger partial charge in [0.1, 0.15) is 5.75 Å². The molecule has 0 aliphatic heterocycles. The molecule has 6 heteroatoms. The van der Waals surface area contributed by atoms with Crippen LogP contribution in [0.5, 0.6) is 5.75 Å². The fourth-order valence-electron chi connectivity index (χ4n) is 5.68. The van der Waals surface area contributed by atoms with Crippen LogP contribution in [0.25, 0.3) is 0 Å². The van der Waals surface area contributed by atoms with Crippen LogP contribution in [-0.2, 0) is 17.8 Å². The van der Waals surface area contributed by atoms with Crippen molar-refractivity contribution < 1.29 is 23.2 Å². The van der Waals surface area contributed by atoms with Gasteiger partial charge in [-0.25, -0.2) is 0 Å². The zero-order valence-corrected chi connectivity index (χ0v) is 14.5. The van der Waals surface area contributed by atoms with Gasteiger partial charge in [-0.2, -0.15) is 4.21 Å². The number of aryl methyl sites for hydroxylation is 1. The summed E-state index contributed by atoms with van der Waals surface area (Å²) < 4.78 is 24.6. The fraction of sp³-hybridized carbons (Fsp3) is 0.667. The average Bonchev–Trinajstić information content (AvgIpc) is 2.77. The van der Waals surface area contributed by atoms with E-state index in [-0.39, 0.29) is 5.41 Å². The topological polar surface area (TPSA) is 87.0 Å². The molecule has 0 aromatic heterocycles. The quantitative estimate of drug-likeness (QED) is 0.712. The molecule has 132 valence electrons. The van der Waals surface area contributed by atoms with Crippen LogP contribution in [0, 0.1) is 17.3 Å². The van der Waals surface area contributed by atoms with E-state index in [2.05, 4.69) is 6.92 Å². The fourth-order valence-corrected chi connectivity index (χ4v) is 5.95. The summed E-state index contributed by atoms with van der Waals surface area (Å²) in [5.74, 6) is 1.72. The van der Waals surface area contributed by atoms with Gasteiger partial charge in [-0.05, 0) is 78.5 Å². The number of fused-ring (bicyclic) bond motifs is 5. The van der Waals surface area contributed by atoms with E-state index in [9.17, 15) is 14.4 Å². The second-order valence-electron chi connectivity index (χ2n) is 7.87. The maximum absolute atomic E-state index is 10.8. The molecule has 1 aromatic carbocycles. The number of benzene rings is 1. The van der Waals surface area contributed by atoms with Crippen LogP contribution in [0.4, 0.5) is 0 Å². The van der Waals surface area contributed by atoms with E-state index >= 15 is 0 Å². The van der Waals surface area contributed by atoms with E-state index in [4.69, 9.17) is 8.74 Å². The number of hydrogen-bond acceptors (Lipinski definition) is 4. The van der Waals surface area contributed by atoms with E-state index in [1.54, 1.807) is 6.07 Å². The van der Waals surface area contributed by atoms with Gasteiger partial charge < -0.3 is 14.4 Å². The Morgan fingerprint density at radius 2 is 2.08 bits per heavy atom. The molecule has 0 radical (unpaired) electrons. The molecule has 1 aromatic rings. The Kier molecular flexibility index (Phi) is 3.99. The Labute approximate surface area is 144 Å². The molecule has 0 spiro atoms. The summed E-state index contributed by atoms with van der Waals surface area (Å²) in [5, 5.41) is 20.6. The lowest BCUT2D eigenvalue weighted by Gasteiger charge is -2.49. The Morgan fingerprint density at radius 1 is 1.29 bits per heavy atom. The highest BCUT2D eigenvalue weighted by Crippen LogP contribution is 2.60. The predicted molar refractivity (Wildman–Crippen MR) is 89.9 cm³/mol. The van der Waals surface area contributed by atoms with Crippen LogP contribution in [0.1, 0.15) is 49.7 Å². The highest BCUT2D eigenvalue weighted by atomic mass is 32.2. The number of aliphatic hydroxyl groups is 2. The van der Waals surface area contributed by atoms with Crippen molar-refractivity contribution in [1.29, 1.82) is 0 Å². The van der Waals surface area contributed by atoms with Gasteiger partial charge in [0.25, 0.3) is 0 Å². The molecule has 0 heterocycles. The molecule has 1 unspecified atom stereocenters. The van der Waals surface area contributed by atoms with Gasteiger partial charge in [0, 0.05) is 0 Å².